The molecule has 0 fully saturated rings. The molecule has 0 bridgehead atoms. The first-order valence-electron chi connectivity index (χ1n) is 8.90. The topological polar surface area (TPSA) is 121 Å². The smallest absolute Gasteiger partial charge is 0.314 e. The van der Waals surface area contributed by atoms with Crippen LogP contribution in [0, 0.1) is 11.6 Å². The largest absolute Gasteiger partial charge is 0.415 e. The number of fused-ring (bicyclic) bond motifs is 1. The second kappa shape index (κ2) is 7.64. The number of benzene rings is 1. The number of rotatable bonds is 5. The molecule has 4 heterocycles. The van der Waals surface area contributed by atoms with Crippen molar-refractivity contribution < 1.29 is 22.0 Å². The fourth-order valence-electron chi connectivity index (χ4n) is 2.97. The van der Waals surface area contributed by atoms with E-state index < -0.39 is 35.4 Å². The van der Waals surface area contributed by atoms with E-state index in [1.54, 1.807) is 12.3 Å². The molecule has 162 valence electrons. The SMILES string of the molecule is Nc1ncnc2sc(-c3cn(Cc4ccc(-c5nnc(C(F)F)o5)c(F)c4F)nn3)cc12. The number of nitrogens with two attached hydrogens (primary N) is 1. The van der Waals surface area contributed by atoms with E-state index in [1.807, 2.05) is 0 Å². The normalized spacial score (nSPS) is 11.7. The Bertz CT molecular complexity index is 1450. The third-order valence-electron chi connectivity index (χ3n) is 4.50. The molecule has 1 aromatic carbocycles. The molecule has 5 rings (SSSR count). The zero-order valence-corrected chi connectivity index (χ0v) is 16.5. The van der Waals surface area contributed by atoms with E-state index in [1.165, 1.54) is 34.5 Å². The van der Waals surface area contributed by atoms with Crippen LogP contribution in [0.2, 0.25) is 0 Å². The van der Waals surface area contributed by atoms with Gasteiger partial charge in [0.2, 0.25) is 0 Å². The Labute approximate surface area is 179 Å². The molecule has 0 saturated heterocycles. The Hall–Kier alpha value is -3.94. The minimum Gasteiger partial charge on any atom is -0.415 e. The van der Waals surface area contributed by atoms with Crippen molar-refractivity contribution in [3.8, 4) is 22.0 Å². The summed E-state index contributed by atoms with van der Waals surface area (Å²) in [6.07, 6.45) is -0.0976. The van der Waals surface area contributed by atoms with E-state index >= 15 is 0 Å². The lowest BCUT2D eigenvalue weighted by molar-refractivity contribution is 0.116. The van der Waals surface area contributed by atoms with Gasteiger partial charge >= 0.3 is 6.43 Å². The van der Waals surface area contributed by atoms with Crippen LogP contribution in [0.15, 0.2) is 35.1 Å². The van der Waals surface area contributed by atoms with Crippen molar-refractivity contribution in [2.75, 3.05) is 5.73 Å². The Morgan fingerprint density at radius 1 is 1.09 bits per heavy atom. The first-order chi connectivity index (χ1) is 15.4. The number of alkyl halides is 2. The van der Waals surface area contributed by atoms with Crippen molar-refractivity contribution in [1.82, 2.24) is 35.2 Å². The van der Waals surface area contributed by atoms with E-state index in [0.29, 0.717) is 21.7 Å². The highest BCUT2D eigenvalue weighted by Gasteiger charge is 2.22. The lowest BCUT2D eigenvalue weighted by atomic mass is 10.1. The van der Waals surface area contributed by atoms with Crippen molar-refractivity contribution in [2.45, 2.75) is 13.0 Å². The molecule has 0 aliphatic heterocycles. The van der Waals surface area contributed by atoms with Crippen molar-refractivity contribution in [1.29, 1.82) is 0 Å². The molecule has 4 aromatic heterocycles. The first kappa shape index (κ1) is 20.0. The number of aromatic nitrogens is 7. The van der Waals surface area contributed by atoms with Crippen LogP contribution in [0.5, 0.6) is 0 Å². The average molecular weight is 462 g/mol. The summed E-state index contributed by atoms with van der Waals surface area (Å²) in [5.41, 5.74) is 5.88. The number of hydrogen-bond donors (Lipinski definition) is 1. The number of hydrogen-bond acceptors (Lipinski definition) is 9. The molecule has 32 heavy (non-hydrogen) atoms. The fourth-order valence-corrected chi connectivity index (χ4v) is 3.93. The maximum Gasteiger partial charge on any atom is 0.314 e. The summed E-state index contributed by atoms with van der Waals surface area (Å²) >= 11 is 1.34. The van der Waals surface area contributed by atoms with Gasteiger partial charge in [0.1, 0.15) is 22.7 Å². The van der Waals surface area contributed by atoms with Crippen LogP contribution in [-0.2, 0) is 6.54 Å². The van der Waals surface area contributed by atoms with Crippen LogP contribution in [0.4, 0.5) is 23.4 Å². The average Bonchev–Trinajstić information content (AvgIpc) is 3.51. The molecule has 0 saturated carbocycles. The van der Waals surface area contributed by atoms with E-state index in [4.69, 9.17) is 5.73 Å². The molecule has 0 atom stereocenters. The Morgan fingerprint density at radius 3 is 2.69 bits per heavy atom. The van der Waals surface area contributed by atoms with Gasteiger partial charge in [-0.05, 0) is 12.1 Å². The Morgan fingerprint density at radius 2 is 1.94 bits per heavy atom. The Kier molecular flexibility index (Phi) is 4.77. The second-order valence-corrected chi connectivity index (χ2v) is 7.57. The quantitative estimate of drug-likeness (QED) is 0.391. The van der Waals surface area contributed by atoms with Gasteiger partial charge in [-0.2, -0.15) is 8.78 Å². The predicted octanol–water partition coefficient (Wildman–Crippen LogP) is 3.85. The van der Waals surface area contributed by atoms with E-state index in [9.17, 15) is 17.6 Å². The molecule has 0 spiro atoms. The summed E-state index contributed by atoms with van der Waals surface area (Å²) in [5, 5.41) is 15.1. The minimum absolute atomic E-state index is 0.0391. The minimum atomic E-state index is -3.02. The summed E-state index contributed by atoms with van der Waals surface area (Å²) in [6, 6.07) is 4.22. The Balaban J connectivity index is 1.41. The van der Waals surface area contributed by atoms with Crippen molar-refractivity contribution in [2.24, 2.45) is 0 Å². The molecule has 0 aliphatic rings. The van der Waals surface area contributed by atoms with Crippen LogP contribution >= 0.6 is 11.3 Å². The zero-order chi connectivity index (χ0) is 22.4. The van der Waals surface area contributed by atoms with E-state index in [2.05, 4.69) is 34.9 Å². The van der Waals surface area contributed by atoms with Gasteiger partial charge in [-0.1, -0.05) is 11.3 Å². The van der Waals surface area contributed by atoms with E-state index in [0.717, 1.165) is 4.88 Å². The maximum absolute atomic E-state index is 14.6. The van der Waals surface area contributed by atoms with Gasteiger partial charge < -0.3 is 10.2 Å². The van der Waals surface area contributed by atoms with Crippen LogP contribution < -0.4 is 5.73 Å². The first-order valence-corrected chi connectivity index (χ1v) is 9.71. The second-order valence-electron chi connectivity index (χ2n) is 6.54. The summed E-state index contributed by atoms with van der Waals surface area (Å²) in [4.78, 5) is 9.50. The fraction of sp³-hybridized carbons (Fsp3) is 0.111. The standard InChI is InChI=1S/C18H10F4N8OS/c19-12-7(1-2-8(13(12)20)16-27-28-17(31-16)14(21)22)4-30-5-10(26-29-30)11-3-9-15(23)24-6-25-18(9)32-11/h1-3,5-6,14H,4H2,(H2,23,24,25). The maximum atomic E-state index is 14.6. The monoisotopic (exact) mass is 462 g/mol. The molecule has 0 unspecified atom stereocenters. The summed E-state index contributed by atoms with van der Waals surface area (Å²) < 4.78 is 60.3. The summed E-state index contributed by atoms with van der Waals surface area (Å²) in [5.74, 6) is -3.68. The van der Waals surface area contributed by atoms with Gasteiger partial charge in [0, 0.05) is 5.56 Å². The zero-order valence-electron chi connectivity index (χ0n) is 15.7. The number of anilines is 1. The number of thiophene rings is 1. The molecule has 2 N–H and O–H groups in total. The summed E-state index contributed by atoms with van der Waals surface area (Å²) in [6.45, 7) is -0.130. The van der Waals surface area contributed by atoms with E-state index in [-0.39, 0.29) is 12.1 Å². The van der Waals surface area contributed by atoms with Crippen LogP contribution in [-0.4, -0.2) is 35.2 Å². The molecule has 0 aliphatic carbocycles. The van der Waals surface area contributed by atoms with Crippen LogP contribution in [0.1, 0.15) is 17.9 Å². The number of halogens is 4. The molecule has 0 amide bonds. The van der Waals surface area contributed by atoms with Gasteiger partial charge in [-0.25, -0.2) is 23.4 Å². The van der Waals surface area contributed by atoms with Gasteiger partial charge in [-0.15, -0.1) is 26.6 Å². The molecule has 0 radical (unpaired) electrons. The predicted molar refractivity (Wildman–Crippen MR) is 105 cm³/mol. The summed E-state index contributed by atoms with van der Waals surface area (Å²) in [7, 11) is 0. The van der Waals surface area contributed by atoms with Gasteiger partial charge in [0.15, 0.2) is 11.6 Å². The molecule has 5 aromatic rings. The third-order valence-corrected chi connectivity index (χ3v) is 5.57. The van der Waals surface area contributed by atoms with Crippen LogP contribution in [0.25, 0.3) is 32.2 Å². The highest BCUT2D eigenvalue weighted by molar-refractivity contribution is 7.21. The number of nitrogens with zero attached hydrogens (tertiary/aromatic N) is 7. The van der Waals surface area contributed by atoms with Crippen molar-refractivity contribution in [3.05, 3.63) is 53.8 Å². The lowest BCUT2D eigenvalue weighted by Crippen LogP contribution is -2.05. The van der Waals surface area contributed by atoms with Gasteiger partial charge in [-0.3, -0.25) is 0 Å². The number of nitrogen functional groups attached to an aromatic ring is 1. The molecular weight excluding hydrogens is 452 g/mol. The highest BCUT2D eigenvalue weighted by atomic mass is 32.1. The molecular formula is C18H10F4N8OS. The van der Waals surface area contributed by atoms with Gasteiger partial charge in [0.25, 0.3) is 11.8 Å². The molecule has 14 heteroatoms. The molecule has 9 nitrogen and oxygen atoms in total. The van der Waals surface area contributed by atoms with Crippen molar-refractivity contribution >= 4 is 27.4 Å². The van der Waals surface area contributed by atoms with Crippen molar-refractivity contribution in [3.63, 3.8) is 0 Å². The lowest BCUT2D eigenvalue weighted by Gasteiger charge is -2.06. The van der Waals surface area contributed by atoms with Crippen LogP contribution in [0.3, 0.4) is 0 Å². The highest BCUT2D eigenvalue weighted by Crippen LogP contribution is 2.33. The third kappa shape index (κ3) is 3.43. The van der Waals surface area contributed by atoms with Gasteiger partial charge in [0.05, 0.1) is 28.6 Å².